The Morgan fingerprint density at radius 3 is 2.60 bits per heavy atom. The van der Waals surface area contributed by atoms with Crippen LogP contribution in [0.15, 0.2) is 28.8 Å². The zero-order chi connectivity index (χ0) is 14.7. The van der Waals surface area contributed by atoms with Crippen LogP contribution in [0.5, 0.6) is 0 Å². The normalized spacial score (nSPS) is 10.2. The Bertz CT molecular complexity index is 667. The lowest BCUT2D eigenvalue weighted by atomic mass is 10.2. The number of hydrogen-bond donors (Lipinski definition) is 2. The van der Waals surface area contributed by atoms with Crippen molar-refractivity contribution < 1.29 is 14.1 Å². The van der Waals surface area contributed by atoms with Crippen molar-refractivity contribution in [3.8, 4) is 0 Å². The summed E-state index contributed by atoms with van der Waals surface area (Å²) in [7, 11) is 0. The highest BCUT2D eigenvalue weighted by Crippen LogP contribution is 2.25. The van der Waals surface area contributed by atoms with E-state index in [1.807, 2.05) is 0 Å². The largest absolute Gasteiger partial charge is 0.351 e. The molecular weight excluding hydrogens is 282 g/mol. The van der Waals surface area contributed by atoms with Gasteiger partial charge in [-0.05, 0) is 25.1 Å². The molecule has 2 aromatic rings. The number of amides is 2. The van der Waals surface area contributed by atoms with Crippen LogP contribution in [0.3, 0.4) is 0 Å². The first-order valence-electron chi connectivity index (χ1n) is 5.77. The topological polar surface area (TPSA) is 84.2 Å². The molecule has 0 atom stereocenters. The van der Waals surface area contributed by atoms with Crippen LogP contribution >= 0.6 is 11.6 Å². The molecule has 0 aliphatic rings. The van der Waals surface area contributed by atoms with Crippen LogP contribution in [0.25, 0.3) is 0 Å². The predicted molar refractivity (Wildman–Crippen MR) is 74.9 cm³/mol. The fourth-order valence-corrected chi connectivity index (χ4v) is 1.72. The summed E-state index contributed by atoms with van der Waals surface area (Å²) in [6.45, 7) is 3.09. The highest BCUT2D eigenvalue weighted by Gasteiger charge is 2.12. The third kappa shape index (κ3) is 3.36. The molecule has 1 aromatic carbocycles. The van der Waals surface area contributed by atoms with E-state index in [9.17, 15) is 9.59 Å². The zero-order valence-electron chi connectivity index (χ0n) is 10.9. The van der Waals surface area contributed by atoms with Crippen LogP contribution in [0.1, 0.15) is 23.2 Å². The molecule has 104 valence electrons. The van der Waals surface area contributed by atoms with Gasteiger partial charge in [0.05, 0.1) is 16.4 Å². The Kier molecular flexibility index (Phi) is 4.05. The van der Waals surface area contributed by atoms with E-state index in [4.69, 9.17) is 16.1 Å². The lowest BCUT2D eigenvalue weighted by Crippen LogP contribution is -2.12. The van der Waals surface area contributed by atoms with Gasteiger partial charge in [0, 0.05) is 18.7 Å². The number of benzene rings is 1. The Hall–Kier alpha value is -2.34. The van der Waals surface area contributed by atoms with Crippen molar-refractivity contribution in [3.63, 3.8) is 0 Å². The summed E-state index contributed by atoms with van der Waals surface area (Å²) in [5.74, 6) is -0.568. The molecular formula is C13H12ClN3O3. The average Bonchev–Trinajstić information content (AvgIpc) is 2.79. The molecule has 0 spiro atoms. The Balaban J connectivity index is 2.17. The van der Waals surface area contributed by atoms with Gasteiger partial charge >= 0.3 is 0 Å². The molecule has 0 unspecified atom stereocenters. The van der Waals surface area contributed by atoms with Crippen molar-refractivity contribution in [1.29, 1.82) is 0 Å². The second-order valence-electron chi connectivity index (χ2n) is 4.16. The summed E-state index contributed by atoms with van der Waals surface area (Å²) < 4.78 is 4.86. The number of carbonyl (C=O) groups excluding carboxylic acids is 2. The third-order valence-electron chi connectivity index (χ3n) is 2.39. The molecule has 0 saturated carbocycles. The SMILES string of the molecule is CC(=O)Nc1cc(NC(=O)c2cc(C)no2)ccc1Cl. The number of anilines is 2. The molecule has 6 nitrogen and oxygen atoms in total. The van der Waals surface area contributed by atoms with E-state index in [0.717, 1.165) is 0 Å². The number of nitrogens with one attached hydrogen (secondary N) is 2. The van der Waals surface area contributed by atoms with E-state index in [1.165, 1.54) is 13.0 Å². The lowest BCUT2D eigenvalue weighted by molar-refractivity contribution is -0.114. The molecule has 0 fully saturated rings. The third-order valence-corrected chi connectivity index (χ3v) is 2.72. The maximum atomic E-state index is 11.9. The summed E-state index contributed by atoms with van der Waals surface area (Å²) in [6.07, 6.45) is 0. The van der Waals surface area contributed by atoms with E-state index >= 15 is 0 Å². The van der Waals surface area contributed by atoms with Crippen molar-refractivity contribution in [1.82, 2.24) is 5.16 Å². The fraction of sp³-hybridized carbons (Fsp3) is 0.154. The van der Waals surface area contributed by atoms with Gasteiger partial charge in [-0.25, -0.2) is 0 Å². The minimum atomic E-state index is -0.429. The van der Waals surface area contributed by atoms with Gasteiger partial charge in [-0.2, -0.15) is 0 Å². The predicted octanol–water partition coefficient (Wildman–Crippen LogP) is 2.85. The lowest BCUT2D eigenvalue weighted by Gasteiger charge is -2.08. The maximum absolute atomic E-state index is 11.9. The van der Waals surface area contributed by atoms with Crippen molar-refractivity contribution in [3.05, 3.63) is 40.7 Å². The molecule has 7 heteroatoms. The van der Waals surface area contributed by atoms with E-state index < -0.39 is 5.91 Å². The molecule has 0 saturated heterocycles. The van der Waals surface area contributed by atoms with Crippen LogP contribution < -0.4 is 10.6 Å². The Labute approximate surface area is 120 Å². The standard InChI is InChI=1S/C13H12ClN3O3/c1-7-5-12(20-17-7)13(19)16-9-3-4-10(14)11(6-9)15-8(2)18/h3-6H,1-2H3,(H,15,18)(H,16,19). The van der Waals surface area contributed by atoms with E-state index in [2.05, 4.69) is 15.8 Å². The number of hydrogen-bond acceptors (Lipinski definition) is 4. The molecule has 2 N–H and O–H groups in total. The van der Waals surface area contributed by atoms with Gasteiger partial charge in [0.2, 0.25) is 11.7 Å². The molecule has 0 bridgehead atoms. The van der Waals surface area contributed by atoms with Crippen molar-refractivity contribution in [2.75, 3.05) is 10.6 Å². The van der Waals surface area contributed by atoms with Gasteiger partial charge in [-0.1, -0.05) is 16.8 Å². The molecule has 2 rings (SSSR count). The molecule has 0 radical (unpaired) electrons. The highest BCUT2D eigenvalue weighted by atomic mass is 35.5. The quantitative estimate of drug-likeness (QED) is 0.911. The number of nitrogens with zero attached hydrogens (tertiary/aromatic N) is 1. The van der Waals surface area contributed by atoms with Gasteiger partial charge in [-0.3, -0.25) is 9.59 Å². The fourth-order valence-electron chi connectivity index (χ4n) is 1.55. The first-order valence-corrected chi connectivity index (χ1v) is 6.15. The smallest absolute Gasteiger partial charge is 0.294 e. The summed E-state index contributed by atoms with van der Waals surface area (Å²) in [5.41, 5.74) is 1.52. The van der Waals surface area contributed by atoms with Gasteiger partial charge < -0.3 is 15.2 Å². The van der Waals surface area contributed by atoms with Crippen LogP contribution in [0, 0.1) is 6.92 Å². The first-order chi connectivity index (χ1) is 9.45. The van der Waals surface area contributed by atoms with Crippen molar-refractivity contribution in [2.24, 2.45) is 0 Å². The van der Waals surface area contributed by atoms with Gasteiger partial charge in [0.1, 0.15) is 0 Å². The van der Waals surface area contributed by atoms with Crippen molar-refractivity contribution >= 4 is 34.8 Å². The van der Waals surface area contributed by atoms with E-state index in [-0.39, 0.29) is 11.7 Å². The Morgan fingerprint density at radius 2 is 2.00 bits per heavy atom. The minimum absolute atomic E-state index is 0.110. The first kappa shape index (κ1) is 14.1. The second-order valence-corrected chi connectivity index (χ2v) is 4.57. The van der Waals surface area contributed by atoms with Crippen LogP contribution in [-0.2, 0) is 4.79 Å². The summed E-state index contributed by atoms with van der Waals surface area (Å²) >= 11 is 5.94. The second kappa shape index (κ2) is 5.75. The van der Waals surface area contributed by atoms with Crippen LogP contribution in [0.4, 0.5) is 11.4 Å². The summed E-state index contributed by atoms with van der Waals surface area (Å²) in [5, 5.41) is 9.22. The van der Waals surface area contributed by atoms with Gasteiger partial charge in [0.25, 0.3) is 5.91 Å². The van der Waals surface area contributed by atoms with Gasteiger partial charge in [-0.15, -0.1) is 0 Å². The Morgan fingerprint density at radius 1 is 1.25 bits per heavy atom. The van der Waals surface area contributed by atoms with Gasteiger partial charge in [0.15, 0.2) is 0 Å². The molecule has 2 amide bonds. The van der Waals surface area contributed by atoms with Crippen LogP contribution in [-0.4, -0.2) is 17.0 Å². The molecule has 1 heterocycles. The summed E-state index contributed by atoms with van der Waals surface area (Å²) in [6, 6.07) is 6.29. The molecule has 20 heavy (non-hydrogen) atoms. The summed E-state index contributed by atoms with van der Waals surface area (Å²) in [4.78, 5) is 22.9. The zero-order valence-corrected chi connectivity index (χ0v) is 11.6. The average molecular weight is 294 g/mol. The number of rotatable bonds is 3. The maximum Gasteiger partial charge on any atom is 0.294 e. The monoisotopic (exact) mass is 293 g/mol. The minimum Gasteiger partial charge on any atom is -0.351 e. The molecule has 1 aromatic heterocycles. The number of aryl methyl sites for hydroxylation is 1. The van der Waals surface area contributed by atoms with E-state index in [0.29, 0.717) is 22.1 Å². The number of carbonyl (C=O) groups is 2. The molecule has 0 aliphatic heterocycles. The number of halogens is 1. The highest BCUT2D eigenvalue weighted by molar-refractivity contribution is 6.33. The van der Waals surface area contributed by atoms with Crippen molar-refractivity contribution in [2.45, 2.75) is 13.8 Å². The number of aromatic nitrogens is 1. The molecule has 0 aliphatic carbocycles. The van der Waals surface area contributed by atoms with E-state index in [1.54, 1.807) is 25.1 Å². The van der Waals surface area contributed by atoms with Crippen LogP contribution in [0.2, 0.25) is 5.02 Å².